The van der Waals surface area contributed by atoms with Gasteiger partial charge in [0.05, 0.1) is 22.3 Å². The van der Waals surface area contributed by atoms with Gasteiger partial charge in [-0.1, -0.05) is 40.9 Å². The fraction of sp³-hybridized carbons (Fsp3) is 0.222. The first kappa shape index (κ1) is 20.4. The number of nitrogens with two attached hydrogens (primary N) is 1. The predicted molar refractivity (Wildman–Crippen MR) is 104 cm³/mol. The molecule has 0 bridgehead atoms. The monoisotopic (exact) mass is 414 g/mol. The molecule has 0 spiro atoms. The first-order chi connectivity index (χ1) is 12.2. The number of amides is 1. The summed E-state index contributed by atoms with van der Waals surface area (Å²) in [5.41, 5.74) is 6.83. The van der Waals surface area contributed by atoms with Crippen molar-refractivity contribution in [3.8, 4) is 0 Å². The van der Waals surface area contributed by atoms with E-state index in [2.05, 4.69) is 5.32 Å². The highest BCUT2D eigenvalue weighted by Crippen LogP contribution is 2.26. The van der Waals surface area contributed by atoms with Crippen molar-refractivity contribution < 1.29 is 14.3 Å². The Hall–Kier alpha value is -1.95. The molecule has 0 aliphatic carbocycles. The lowest BCUT2D eigenvalue weighted by molar-refractivity contribution is -0.129. The summed E-state index contributed by atoms with van der Waals surface area (Å²) in [4.78, 5) is 24.4. The molecule has 0 saturated heterocycles. The number of esters is 1. The summed E-state index contributed by atoms with van der Waals surface area (Å²) in [5.74, 6) is -1.13. The maximum absolute atomic E-state index is 12.3. The number of hydrogen-bond donors (Lipinski definition) is 2. The third kappa shape index (κ3) is 5.04. The Bertz CT molecular complexity index is 842. The van der Waals surface area contributed by atoms with Gasteiger partial charge in [-0.25, -0.2) is 4.79 Å². The Morgan fingerprint density at radius 3 is 2.35 bits per heavy atom. The zero-order valence-corrected chi connectivity index (χ0v) is 16.3. The Labute approximate surface area is 166 Å². The molecule has 0 fully saturated rings. The molecular weight excluding hydrogens is 399 g/mol. The van der Waals surface area contributed by atoms with Crippen LogP contribution in [0.2, 0.25) is 15.1 Å². The Morgan fingerprint density at radius 1 is 1.04 bits per heavy atom. The van der Waals surface area contributed by atoms with Crippen molar-refractivity contribution in [3.63, 3.8) is 0 Å². The van der Waals surface area contributed by atoms with E-state index in [0.29, 0.717) is 20.6 Å². The lowest BCUT2D eigenvalue weighted by atomic mass is 10.1. The minimum atomic E-state index is -1.01. The number of halogens is 3. The molecule has 1 amide bonds. The minimum Gasteiger partial charge on any atom is -0.449 e. The van der Waals surface area contributed by atoms with E-state index in [9.17, 15) is 9.59 Å². The molecule has 2 atom stereocenters. The lowest BCUT2D eigenvalue weighted by Crippen LogP contribution is -2.37. The van der Waals surface area contributed by atoms with Crippen LogP contribution in [0.5, 0.6) is 0 Å². The predicted octanol–water partition coefficient (Wildman–Crippen LogP) is 4.65. The molecule has 0 unspecified atom stereocenters. The standard InChI is InChI=1S/C18H17Cl3N2O3/c1-9(13-5-4-12(19)8-15(13)21)23-17(24)10(2)26-18(25)11-3-6-14(20)16(22)7-11/h3-10H,22H2,1-2H3,(H,23,24)/t9-,10+/m0/s1. The van der Waals surface area contributed by atoms with Gasteiger partial charge in [0, 0.05) is 10.0 Å². The number of hydrogen-bond acceptors (Lipinski definition) is 4. The highest BCUT2D eigenvalue weighted by molar-refractivity contribution is 6.35. The SMILES string of the molecule is C[C@H](NC(=O)[C@@H](C)OC(=O)c1ccc(Cl)c(N)c1)c1ccc(Cl)cc1Cl. The average Bonchev–Trinajstić information content (AvgIpc) is 2.56. The van der Waals surface area contributed by atoms with Crippen LogP contribution in [-0.4, -0.2) is 18.0 Å². The average molecular weight is 416 g/mol. The second-order valence-electron chi connectivity index (χ2n) is 5.68. The zero-order valence-electron chi connectivity index (χ0n) is 14.1. The first-order valence-electron chi connectivity index (χ1n) is 7.70. The molecule has 0 aliphatic heterocycles. The highest BCUT2D eigenvalue weighted by Gasteiger charge is 2.22. The van der Waals surface area contributed by atoms with Gasteiger partial charge in [-0.3, -0.25) is 4.79 Å². The number of nitrogen functional groups attached to an aromatic ring is 1. The van der Waals surface area contributed by atoms with Crippen molar-refractivity contribution in [2.24, 2.45) is 0 Å². The van der Waals surface area contributed by atoms with Crippen molar-refractivity contribution in [3.05, 3.63) is 62.6 Å². The van der Waals surface area contributed by atoms with Crippen molar-refractivity contribution in [1.29, 1.82) is 0 Å². The summed E-state index contributed by atoms with van der Waals surface area (Å²) in [6, 6.07) is 8.97. The molecule has 2 aromatic rings. The molecule has 0 aliphatic rings. The highest BCUT2D eigenvalue weighted by atomic mass is 35.5. The second kappa shape index (κ2) is 8.62. The number of ether oxygens (including phenoxy) is 1. The van der Waals surface area contributed by atoms with E-state index in [1.54, 1.807) is 25.1 Å². The van der Waals surface area contributed by atoms with E-state index in [-0.39, 0.29) is 17.3 Å². The topological polar surface area (TPSA) is 81.4 Å². The van der Waals surface area contributed by atoms with Crippen LogP contribution in [0.1, 0.15) is 35.8 Å². The minimum absolute atomic E-state index is 0.209. The maximum Gasteiger partial charge on any atom is 0.338 e. The number of carbonyl (C=O) groups is 2. The van der Waals surface area contributed by atoms with E-state index in [1.165, 1.54) is 25.1 Å². The largest absolute Gasteiger partial charge is 0.449 e. The van der Waals surface area contributed by atoms with Gasteiger partial charge in [-0.05, 0) is 49.7 Å². The third-order valence-electron chi connectivity index (χ3n) is 3.67. The van der Waals surface area contributed by atoms with Gasteiger partial charge < -0.3 is 15.8 Å². The Balaban J connectivity index is 2.00. The molecule has 0 saturated carbocycles. The van der Waals surface area contributed by atoms with E-state index < -0.39 is 18.0 Å². The number of nitrogens with one attached hydrogen (secondary N) is 1. The quantitative estimate of drug-likeness (QED) is 0.550. The Morgan fingerprint density at radius 2 is 1.73 bits per heavy atom. The van der Waals surface area contributed by atoms with Crippen LogP contribution in [0.4, 0.5) is 5.69 Å². The van der Waals surface area contributed by atoms with Crippen LogP contribution >= 0.6 is 34.8 Å². The van der Waals surface area contributed by atoms with E-state index >= 15 is 0 Å². The summed E-state index contributed by atoms with van der Waals surface area (Å²) in [7, 11) is 0. The molecular formula is C18H17Cl3N2O3. The fourth-order valence-electron chi connectivity index (χ4n) is 2.21. The smallest absolute Gasteiger partial charge is 0.338 e. The maximum atomic E-state index is 12.3. The number of rotatable bonds is 5. The zero-order chi connectivity index (χ0) is 19.4. The number of benzene rings is 2. The second-order valence-corrected chi connectivity index (χ2v) is 6.93. The summed E-state index contributed by atoms with van der Waals surface area (Å²) in [6.07, 6.45) is -1.01. The van der Waals surface area contributed by atoms with E-state index in [4.69, 9.17) is 45.3 Å². The van der Waals surface area contributed by atoms with E-state index in [0.717, 1.165) is 0 Å². The van der Waals surface area contributed by atoms with E-state index in [1.807, 2.05) is 0 Å². The molecule has 0 aromatic heterocycles. The summed E-state index contributed by atoms with van der Waals surface area (Å²) >= 11 is 17.8. The molecule has 0 radical (unpaired) electrons. The summed E-state index contributed by atoms with van der Waals surface area (Å²) in [5, 5.41) is 4.02. The van der Waals surface area contributed by atoms with Gasteiger partial charge in [0.25, 0.3) is 5.91 Å². The molecule has 26 heavy (non-hydrogen) atoms. The van der Waals surface area contributed by atoms with Crippen LogP contribution in [0, 0.1) is 0 Å². The van der Waals surface area contributed by atoms with Crippen molar-refractivity contribution >= 4 is 52.4 Å². The van der Waals surface area contributed by atoms with Gasteiger partial charge in [0.1, 0.15) is 0 Å². The fourth-order valence-corrected chi connectivity index (χ4v) is 2.90. The van der Waals surface area contributed by atoms with Crippen molar-refractivity contribution in [2.45, 2.75) is 26.0 Å². The van der Waals surface area contributed by atoms with Gasteiger partial charge in [0.2, 0.25) is 0 Å². The summed E-state index contributed by atoms with van der Waals surface area (Å²) < 4.78 is 5.18. The first-order valence-corrected chi connectivity index (χ1v) is 8.83. The van der Waals surface area contributed by atoms with Crippen LogP contribution < -0.4 is 11.1 Å². The van der Waals surface area contributed by atoms with Crippen LogP contribution in [0.3, 0.4) is 0 Å². The summed E-state index contributed by atoms with van der Waals surface area (Å²) in [6.45, 7) is 3.24. The molecule has 0 heterocycles. The van der Waals surface area contributed by atoms with Crippen molar-refractivity contribution in [1.82, 2.24) is 5.32 Å². The van der Waals surface area contributed by atoms with Gasteiger partial charge in [0.15, 0.2) is 6.10 Å². The molecule has 2 aromatic carbocycles. The molecule has 5 nitrogen and oxygen atoms in total. The Kier molecular flexibility index (Phi) is 6.75. The van der Waals surface area contributed by atoms with Crippen molar-refractivity contribution in [2.75, 3.05) is 5.73 Å². The third-order valence-corrected chi connectivity index (χ3v) is 4.58. The van der Waals surface area contributed by atoms with Gasteiger partial charge in [-0.2, -0.15) is 0 Å². The normalized spacial score (nSPS) is 13.0. The number of carbonyl (C=O) groups excluding carboxylic acids is 2. The molecule has 8 heteroatoms. The van der Waals surface area contributed by atoms with Gasteiger partial charge in [-0.15, -0.1) is 0 Å². The van der Waals surface area contributed by atoms with Crippen LogP contribution in [0.25, 0.3) is 0 Å². The molecule has 138 valence electrons. The number of anilines is 1. The molecule has 3 N–H and O–H groups in total. The van der Waals surface area contributed by atoms with Crippen LogP contribution in [0.15, 0.2) is 36.4 Å². The lowest BCUT2D eigenvalue weighted by Gasteiger charge is -2.19. The van der Waals surface area contributed by atoms with Gasteiger partial charge >= 0.3 is 5.97 Å². The van der Waals surface area contributed by atoms with Crippen LogP contribution in [-0.2, 0) is 9.53 Å². The molecule has 2 rings (SSSR count).